The molecular weight excluding hydrogens is 492 g/mol. The largest absolute Gasteiger partial charge is 0.456 e. The molecule has 2 heterocycles. The third-order valence-electron chi connectivity index (χ3n) is 6.27. The summed E-state index contributed by atoms with van der Waals surface area (Å²) in [7, 11) is -2.51. The lowest BCUT2D eigenvalue weighted by Gasteiger charge is -2.26. The highest BCUT2D eigenvalue weighted by Crippen LogP contribution is 2.31. The minimum Gasteiger partial charge on any atom is -0.456 e. The molecule has 0 bridgehead atoms. The zero-order chi connectivity index (χ0) is 26.3. The van der Waals surface area contributed by atoms with E-state index in [0.717, 1.165) is 61.4 Å². The number of rotatable bonds is 11. The fourth-order valence-corrected chi connectivity index (χ4v) is 5.31. The van der Waals surface area contributed by atoms with Crippen LogP contribution in [0.1, 0.15) is 12.7 Å². The second-order valence-corrected chi connectivity index (χ2v) is 10.5. The Morgan fingerprint density at radius 3 is 2.59 bits per heavy atom. The Morgan fingerprint density at radius 1 is 1.08 bits per heavy atom. The minimum atomic E-state index is -3.98. The predicted octanol–water partition coefficient (Wildman–Crippen LogP) is 3.66. The van der Waals surface area contributed by atoms with E-state index in [1.165, 1.54) is 7.11 Å². The molecule has 0 unspecified atom stereocenters. The number of allylic oxidation sites excluding steroid dienone is 2. The molecule has 37 heavy (non-hydrogen) atoms. The van der Waals surface area contributed by atoms with Gasteiger partial charge in [-0.3, -0.25) is 4.90 Å². The number of morpholine rings is 1. The molecule has 0 radical (unpaired) electrons. The average Bonchev–Trinajstić information content (AvgIpc) is 3.40. The maximum Gasteiger partial charge on any atom is 0.251 e. The number of furan rings is 1. The van der Waals surface area contributed by atoms with Crippen molar-refractivity contribution in [3.8, 4) is 17.4 Å². The zero-order valence-corrected chi connectivity index (χ0v) is 21.9. The van der Waals surface area contributed by atoms with Crippen molar-refractivity contribution in [2.24, 2.45) is 0 Å². The Hall–Kier alpha value is -3.20. The lowest BCUT2D eigenvalue weighted by atomic mass is 10.0. The summed E-state index contributed by atoms with van der Waals surface area (Å²) >= 11 is 0. The van der Waals surface area contributed by atoms with Gasteiger partial charge in [0.1, 0.15) is 17.6 Å². The number of hydrogen-bond donors (Lipinski definition) is 2. The van der Waals surface area contributed by atoms with Crippen molar-refractivity contribution in [3.63, 3.8) is 0 Å². The Balaban J connectivity index is 1.47. The Kier molecular flexibility index (Phi) is 8.97. The summed E-state index contributed by atoms with van der Waals surface area (Å²) in [4.78, 5) is 2.02. The maximum absolute atomic E-state index is 12.5. The van der Waals surface area contributed by atoms with Gasteiger partial charge in [0.05, 0.1) is 19.8 Å². The van der Waals surface area contributed by atoms with Crippen molar-refractivity contribution in [1.29, 1.82) is 5.26 Å². The Bertz CT molecular complexity index is 1400. The normalized spacial score (nSPS) is 15.4. The van der Waals surface area contributed by atoms with Gasteiger partial charge in [-0.15, -0.1) is 0 Å². The van der Waals surface area contributed by atoms with E-state index in [0.29, 0.717) is 11.5 Å². The first-order valence-electron chi connectivity index (χ1n) is 12.2. The van der Waals surface area contributed by atoms with Crippen molar-refractivity contribution in [2.75, 3.05) is 65.0 Å². The van der Waals surface area contributed by atoms with Gasteiger partial charge in [0.15, 0.2) is 4.91 Å². The molecule has 1 saturated heterocycles. The van der Waals surface area contributed by atoms with E-state index in [1.807, 2.05) is 18.2 Å². The van der Waals surface area contributed by atoms with Crippen LogP contribution in [-0.4, -0.2) is 73.0 Å². The molecule has 1 aromatic heterocycles. The molecule has 2 aromatic carbocycles. The van der Waals surface area contributed by atoms with Crippen molar-refractivity contribution < 1.29 is 22.3 Å². The van der Waals surface area contributed by atoms with Gasteiger partial charge in [0, 0.05) is 56.7 Å². The number of nitrogens with one attached hydrogen (secondary N) is 2. The predicted molar refractivity (Wildman–Crippen MR) is 144 cm³/mol. The third-order valence-corrected chi connectivity index (χ3v) is 7.79. The molecule has 0 atom stereocenters. The summed E-state index contributed by atoms with van der Waals surface area (Å²) in [5, 5.41) is 15.2. The summed E-state index contributed by atoms with van der Waals surface area (Å²) in [6, 6.07) is 17.5. The van der Waals surface area contributed by atoms with E-state index in [-0.39, 0.29) is 23.6 Å². The molecule has 0 amide bonds. The quantitative estimate of drug-likeness (QED) is 0.288. The highest BCUT2D eigenvalue weighted by Gasteiger charge is 2.22. The number of sulfonamides is 1. The molecule has 1 aliphatic heterocycles. The van der Waals surface area contributed by atoms with Crippen LogP contribution in [0.25, 0.3) is 27.7 Å². The fourth-order valence-electron chi connectivity index (χ4n) is 4.19. The Morgan fingerprint density at radius 2 is 1.84 bits per heavy atom. The van der Waals surface area contributed by atoms with Gasteiger partial charge >= 0.3 is 0 Å². The van der Waals surface area contributed by atoms with Crippen molar-refractivity contribution >= 4 is 32.1 Å². The number of anilines is 1. The first kappa shape index (κ1) is 26.9. The molecule has 1 aliphatic rings. The van der Waals surface area contributed by atoms with E-state index < -0.39 is 10.0 Å². The lowest BCUT2D eigenvalue weighted by molar-refractivity contribution is 0.0398. The van der Waals surface area contributed by atoms with E-state index in [4.69, 9.17) is 13.9 Å². The van der Waals surface area contributed by atoms with Crippen LogP contribution in [0.3, 0.4) is 0 Å². The smallest absolute Gasteiger partial charge is 0.251 e. The molecule has 0 spiro atoms. The van der Waals surface area contributed by atoms with Crippen molar-refractivity contribution in [2.45, 2.75) is 6.92 Å². The molecule has 9 nitrogen and oxygen atoms in total. The van der Waals surface area contributed by atoms with Crippen molar-refractivity contribution in [3.05, 3.63) is 59.2 Å². The van der Waals surface area contributed by atoms with Crippen LogP contribution in [-0.2, 0) is 19.5 Å². The number of fused-ring (bicyclic) bond motifs is 1. The average molecular weight is 525 g/mol. The number of methoxy groups -OCH3 is 1. The zero-order valence-electron chi connectivity index (χ0n) is 21.1. The van der Waals surface area contributed by atoms with Crippen LogP contribution in [0.4, 0.5) is 5.69 Å². The van der Waals surface area contributed by atoms with Gasteiger partial charge < -0.3 is 19.2 Å². The van der Waals surface area contributed by atoms with Crippen LogP contribution in [0, 0.1) is 11.3 Å². The number of ether oxygens (including phenoxy) is 2. The summed E-state index contributed by atoms with van der Waals surface area (Å²) in [5.74, 6) is 0.912. The molecule has 196 valence electrons. The van der Waals surface area contributed by atoms with E-state index in [2.05, 4.69) is 33.1 Å². The first-order valence-corrected chi connectivity index (χ1v) is 13.7. The van der Waals surface area contributed by atoms with Gasteiger partial charge in [-0.05, 0) is 48.0 Å². The lowest BCUT2D eigenvalue weighted by Crippen LogP contribution is -2.38. The second-order valence-electron chi connectivity index (χ2n) is 8.78. The SMILES string of the molecule is COCCNS(=O)(=O)/C(C#N)=C(\C)c1ccc(-c2ccc3cc(NCCN4CCOCC4)ccc3c2)o1. The standard InChI is InChI=1S/C27H32N4O5S/c1-20(27(19-28)37(32,33)30-10-14-34-2)25-7-8-26(36-25)23-4-3-22-18-24(6-5-21(22)17-23)29-9-11-31-12-15-35-16-13-31/h3-8,17-18,29-30H,9-16H2,1-2H3/b27-20+. The summed E-state index contributed by atoms with van der Waals surface area (Å²) in [6.45, 7) is 7.24. The number of nitrogens with zero attached hydrogens (tertiary/aromatic N) is 2. The summed E-state index contributed by atoms with van der Waals surface area (Å²) < 4.78 is 43.7. The molecule has 3 aromatic rings. The van der Waals surface area contributed by atoms with Gasteiger partial charge in [-0.2, -0.15) is 5.26 Å². The first-order chi connectivity index (χ1) is 17.9. The van der Waals surface area contributed by atoms with Gasteiger partial charge in [-0.25, -0.2) is 13.1 Å². The molecule has 0 aliphatic carbocycles. The number of benzene rings is 2. The molecule has 2 N–H and O–H groups in total. The molecule has 1 fully saturated rings. The third kappa shape index (κ3) is 6.77. The number of hydrogen-bond acceptors (Lipinski definition) is 8. The van der Waals surface area contributed by atoms with Crippen molar-refractivity contribution in [1.82, 2.24) is 9.62 Å². The van der Waals surface area contributed by atoms with E-state index >= 15 is 0 Å². The van der Waals surface area contributed by atoms with Gasteiger partial charge in [0.25, 0.3) is 10.0 Å². The fraction of sp³-hybridized carbons (Fsp3) is 0.370. The summed E-state index contributed by atoms with van der Waals surface area (Å²) in [6.07, 6.45) is 0. The molecule has 4 rings (SSSR count). The highest BCUT2D eigenvalue weighted by molar-refractivity contribution is 7.93. The van der Waals surface area contributed by atoms with Crippen LogP contribution in [0.15, 0.2) is 57.9 Å². The van der Waals surface area contributed by atoms with Gasteiger partial charge in [-0.1, -0.05) is 18.2 Å². The van der Waals surface area contributed by atoms with Crippen LogP contribution in [0.2, 0.25) is 0 Å². The molecule has 10 heteroatoms. The van der Waals surface area contributed by atoms with Crippen LogP contribution in [0.5, 0.6) is 0 Å². The Labute approximate surface area is 217 Å². The van der Waals surface area contributed by atoms with E-state index in [1.54, 1.807) is 25.1 Å². The van der Waals surface area contributed by atoms with Crippen LogP contribution < -0.4 is 10.0 Å². The molecule has 0 saturated carbocycles. The topological polar surface area (TPSA) is 117 Å². The highest BCUT2D eigenvalue weighted by atomic mass is 32.2. The second kappa shape index (κ2) is 12.4. The number of nitriles is 1. The minimum absolute atomic E-state index is 0.0723. The molecular formula is C27H32N4O5S. The van der Waals surface area contributed by atoms with E-state index in [9.17, 15) is 13.7 Å². The van der Waals surface area contributed by atoms with Gasteiger partial charge in [0.2, 0.25) is 0 Å². The summed E-state index contributed by atoms with van der Waals surface area (Å²) in [5.41, 5.74) is 2.17. The monoisotopic (exact) mass is 524 g/mol. The van der Waals surface area contributed by atoms with Crippen LogP contribution >= 0.6 is 0 Å². The maximum atomic E-state index is 12.5.